The maximum Gasteiger partial charge on any atom is 0.271 e. The summed E-state index contributed by atoms with van der Waals surface area (Å²) in [5.74, 6) is 0.0299. The summed E-state index contributed by atoms with van der Waals surface area (Å²) in [6.07, 6.45) is 5.10. The summed E-state index contributed by atoms with van der Waals surface area (Å²) in [6.45, 7) is 3.75. The van der Waals surface area contributed by atoms with Gasteiger partial charge in [-0.25, -0.2) is 4.98 Å². The average molecular weight is 235 g/mol. The van der Waals surface area contributed by atoms with Gasteiger partial charge < -0.3 is 10.4 Å². The third kappa shape index (κ3) is 2.79. The largest absolute Gasteiger partial charge is 0.388 e. The summed E-state index contributed by atoms with van der Waals surface area (Å²) < 4.78 is 0. The van der Waals surface area contributed by atoms with Crippen molar-refractivity contribution < 1.29 is 9.90 Å². The van der Waals surface area contributed by atoms with E-state index in [9.17, 15) is 9.90 Å². The molecule has 5 nitrogen and oxygen atoms in total. The number of carbonyl (C=O) groups is 1. The van der Waals surface area contributed by atoms with Crippen LogP contribution in [0.5, 0.6) is 0 Å². The molecule has 17 heavy (non-hydrogen) atoms. The van der Waals surface area contributed by atoms with Crippen LogP contribution in [-0.2, 0) is 0 Å². The van der Waals surface area contributed by atoms with Gasteiger partial charge in [0.25, 0.3) is 5.91 Å². The van der Waals surface area contributed by atoms with Crippen molar-refractivity contribution in [3.8, 4) is 0 Å². The van der Waals surface area contributed by atoms with Crippen LogP contribution in [0.1, 0.15) is 35.9 Å². The van der Waals surface area contributed by atoms with Crippen LogP contribution in [0, 0.1) is 12.8 Å². The van der Waals surface area contributed by atoms with Gasteiger partial charge in [0, 0.05) is 18.9 Å². The molecule has 1 atom stereocenters. The number of aryl methyl sites for hydroxylation is 1. The second kappa shape index (κ2) is 4.41. The normalized spacial score (nSPS) is 18.5. The van der Waals surface area contributed by atoms with Gasteiger partial charge >= 0.3 is 0 Å². The second-order valence-electron chi connectivity index (χ2n) is 4.80. The Balaban J connectivity index is 1.96. The van der Waals surface area contributed by atoms with Crippen molar-refractivity contribution in [2.75, 3.05) is 6.54 Å². The van der Waals surface area contributed by atoms with E-state index in [2.05, 4.69) is 15.3 Å². The Morgan fingerprint density at radius 1 is 1.53 bits per heavy atom. The number of aliphatic hydroxyl groups is 1. The average Bonchev–Trinajstić information content (AvgIpc) is 3.11. The fraction of sp³-hybridized carbons (Fsp3) is 0.583. The summed E-state index contributed by atoms with van der Waals surface area (Å²) in [6, 6.07) is 0. The van der Waals surface area contributed by atoms with Gasteiger partial charge in [0.15, 0.2) is 0 Å². The number of rotatable bonds is 4. The van der Waals surface area contributed by atoms with E-state index in [0.717, 1.165) is 12.8 Å². The Labute approximate surface area is 100 Å². The van der Waals surface area contributed by atoms with Crippen LogP contribution in [0.2, 0.25) is 0 Å². The van der Waals surface area contributed by atoms with Crippen molar-refractivity contribution in [1.82, 2.24) is 15.3 Å². The Hall–Kier alpha value is -1.49. The number of nitrogens with zero attached hydrogens (tertiary/aromatic N) is 2. The minimum absolute atomic E-state index is 0.256. The van der Waals surface area contributed by atoms with E-state index in [-0.39, 0.29) is 12.5 Å². The van der Waals surface area contributed by atoms with Crippen LogP contribution >= 0.6 is 0 Å². The molecule has 1 aliphatic carbocycles. The zero-order chi connectivity index (χ0) is 12.5. The van der Waals surface area contributed by atoms with Gasteiger partial charge in [-0.3, -0.25) is 9.78 Å². The summed E-state index contributed by atoms with van der Waals surface area (Å²) in [7, 11) is 0. The third-order valence-electron chi connectivity index (χ3n) is 3.16. The van der Waals surface area contributed by atoms with Crippen LogP contribution in [0.4, 0.5) is 0 Å². The molecule has 1 unspecified atom stereocenters. The molecule has 0 aromatic carbocycles. The third-order valence-corrected chi connectivity index (χ3v) is 3.16. The molecule has 1 heterocycles. The van der Waals surface area contributed by atoms with Crippen molar-refractivity contribution in [1.29, 1.82) is 0 Å². The number of amides is 1. The van der Waals surface area contributed by atoms with Crippen LogP contribution < -0.4 is 5.32 Å². The molecule has 0 spiro atoms. The number of nitrogens with one attached hydrogen (secondary N) is 1. The molecule has 0 saturated heterocycles. The maximum atomic E-state index is 11.8. The molecule has 2 N–H and O–H groups in total. The lowest BCUT2D eigenvalue weighted by Crippen LogP contribution is -2.42. The number of carbonyl (C=O) groups excluding carboxylic acids is 1. The first-order valence-corrected chi connectivity index (χ1v) is 5.79. The first-order valence-electron chi connectivity index (χ1n) is 5.79. The Bertz CT molecular complexity index is 428. The van der Waals surface area contributed by atoms with Crippen molar-refractivity contribution in [2.24, 2.45) is 5.92 Å². The lowest BCUT2D eigenvalue weighted by molar-refractivity contribution is 0.0353. The molecule has 92 valence electrons. The zero-order valence-electron chi connectivity index (χ0n) is 10.1. The van der Waals surface area contributed by atoms with E-state index in [1.807, 2.05) is 0 Å². The van der Waals surface area contributed by atoms with E-state index >= 15 is 0 Å². The molecule has 1 fully saturated rings. The van der Waals surface area contributed by atoms with Gasteiger partial charge in [-0.15, -0.1) is 0 Å². The van der Waals surface area contributed by atoms with Crippen molar-refractivity contribution in [3.63, 3.8) is 0 Å². The minimum Gasteiger partial charge on any atom is -0.388 e. The lowest BCUT2D eigenvalue weighted by Gasteiger charge is -2.23. The molecule has 0 radical (unpaired) electrons. The summed E-state index contributed by atoms with van der Waals surface area (Å²) in [5, 5.41) is 12.8. The summed E-state index contributed by atoms with van der Waals surface area (Å²) >= 11 is 0. The topological polar surface area (TPSA) is 75.1 Å². The standard InChI is InChI=1S/C12H17N3O2/c1-8-10(14-6-5-13-8)11(16)15-7-12(2,17)9-3-4-9/h5-6,9,17H,3-4,7H2,1-2H3,(H,15,16). The lowest BCUT2D eigenvalue weighted by atomic mass is 10.0. The second-order valence-corrected chi connectivity index (χ2v) is 4.80. The minimum atomic E-state index is -0.814. The van der Waals surface area contributed by atoms with Crippen molar-refractivity contribution in [3.05, 3.63) is 23.8 Å². The highest BCUT2D eigenvalue weighted by atomic mass is 16.3. The van der Waals surface area contributed by atoms with Gasteiger partial charge in [0.1, 0.15) is 5.69 Å². The number of aromatic nitrogens is 2. The van der Waals surface area contributed by atoms with Crippen LogP contribution in [0.25, 0.3) is 0 Å². The molecule has 5 heteroatoms. The van der Waals surface area contributed by atoms with Crippen molar-refractivity contribution >= 4 is 5.91 Å². The molecule has 1 aliphatic rings. The molecule has 1 amide bonds. The summed E-state index contributed by atoms with van der Waals surface area (Å²) in [4.78, 5) is 19.8. The fourth-order valence-electron chi connectivity index (χ4n) is 1.82. The van der Waals surface area contributed by atoms with Crippen LogP contribution in [-0.4, -0.2) is 33.1 Å². The van der Waals surface area contributed by atoms with E-state index in [4.69, 9.17) is 0 Å². The van der Waals surface area contributed by atoms with Gasteiger partial charge in [-0.05, 0) is 32.6 Å². The van der Waals surface area contributed by atoms with Gasteiger partial charge in [0.05, 0.1) is 11.3 Å². The summed E-state index contributed by atoms with van der Waals surface area (Å²) in [5.41, 5.74) is 0.0985. The molecular weight excluding hydrogens is 218 g/mol. The predicted octanol–water partition coefficient (Wildman–Crippen LogP) is 0.676. The maximum absolute atomic E-state index is 11.8. The zero-order valence-corrected chi connectivity index (χ0v) is 10.1. The predicted molar refractivity (Wildman–Crippen MR) is 62.5 cm³/mol. The molecule has 1 saturated carbocycles. The quantitative estimate of drug-likeness (QED) is 0.804. The van der Waals surface area contributed by atoms with Crippen molar-refractivity contribution in [2.45, 2.75) is 32.3 Å². The molecule has 1 aromatic heterocycles. The van der Waals surface area contributed by atoms with Gasteiger partial charge in [-0.2, -0.15) is 0 Å². The van der Waals surface area contributed by atoms with E-state index in [1.54, 1.807) is 20.0 Å². The number of hydrogen-bond donors (Lipinski definition) is 2. The van der Waals surface area contributed by atoms with E-state index < -0.39 is 5.60 Å². The van der Waals surface area contributed by atoms with Gasteiger partial charge in [-0.1, -0.05) is 0 Å². The molecular formula is C12H17N3O2. The first-order chi connectivity index (χ1) is 8.00. The number of hydrogen-bond acceptors (Lipinski definition) is 4. The molecule has 2 rings (SSSR count). The Kier molecular flexibility index (Phi) is 3.11. The molecule has 0 bridgehead atoms. The smallest absolute Gasteiger partial charge is 0.271 e. The highest BCUT2D eigenvalue weighted by Gasteiger charge is 2.40. The molecule has 1 aromatic rings. The Morgan fingerprint density at radius 3 is 2.76 bits per heavy atom. The van der Waals surface area contributed by atoms with Crippen LogP contribution in [0.3, 0.4) is 0 Å². The Morgan fingerprint density at radius 2 is 2.18 bits per heavy atom. The van der Waals surface area contributed by atoms with E-state index in [0.29, 0.717) is 17.3 Å². The van der Waals surface area contributed by atoms with Gasteiger partial charge in [0.2, 0.25) is 0 Å². The monoisotopic (exact) mass is 235 g/mol. The molecule has 0 aliphatic heterocycles. The fourth-order valence-corrected chi connectivity index (χ4v) is 1.82. The SMILES string of the molecule is Cc1nccnc1C(=O)NCC(C)(O)C1CC1. The van der Waals surface area contributed by atoms with Crippen LogP contribution in [0.15, 0.2) is 12.4 Å². The highest BCUT2D eigenvalue weighted by molar-refractivity contribution is 5.93. The first kappa shape index (κ1) is 12.0. The highest BCUT2D eigenvalue weighted by Crippen LogP contribution is 2.38. The van der Waals surface area contributed by atoms with E-state index in [1.165, 1.54) is 6.20 Å².